The van der Waals surface area contributed by atoms with Crippen LogP contribution in [0.2, 0.25) is 0 Å². The number of hydrogen-bond donors (Lipinski definition) is 2. The molecule has 1 heterocycles. The molecule has 1 fully saturated rings. The van der Waals surface area contributed by atoms with Gasteiger partial charge in [0.1, 0.15) is 5.82 Å². The van der Waals surface area contributed by atoms with E-state index in [1.165, 1.54) is 6.07 Å². The SMILES string of the molecule is CNC(=O)c1cccc(-c2cc(NC(=O)C3(c4ccc5c(c4)OCO5)CC3)c(F)cc2C)c1. The van der Waals surface area contributed by atoms with E-state index in [2.05, 4.69) is 10.6 Å². The highest BCUT2D eigenvalue weighted by Crippen LogP contribution is 2.51. The topological polar surface area (TPSA) is 76.7 Å². The second-order valence-corrected chi connectivity index (χ2v) is 8.41. The predicted octanol–water partition coefficient (Wildman–Crippen LogP) is 4.56. The van der Waals surface area contributed by atoms with E-state index >= 15 is 0 Å². The number of fused-ring (bicyclic) bond motifs is 1. The van der Waals surface area contributed by atoms with Crippen molar-refractivity contribution in [2.75, 3.05) is 19.2 Å². The third-order valence-electron chi connectivity index (χ3n) is 6.33. The lowest BCUT2D eigenvalue weighted by atomic mass is 9.94. The van der Waals surface area contributed by atoms with Crippen molar-refractivity contribution in [3.8, 4) is 22.6 Å². The summed E-state index contributed by atoms with van der Waals surface area (Å²) >= 11 is 0. The summed E-state index contributed by atoms with van der Waals surface area (Å²) in [6.45, 7) is 1.96. The van der Waals surface area contributed by atoms with Crippen molar-refractivity contribution >= 4 is 17.5 Å². The summed E-state index contributed by atoms with van der Waals surface area (Å²) in [6.07, 6.45) is 1.35. The van der Waals surface area contributed by atoms with Crippen LogP contribution in [0, 0.1) is 12.7 Å². The maximum Gasteiger partial charge on any atom is 0.251 e. The molecule has 6 nitrogen and oxygen atoms in total. The molecule has 1 aliphatic heterocycles. The number of ether oxygens (including phenoxy) is 2. The summed E-state index contributed by atoms with van der Waals surface area (Å²) in [7, 11) is 1.57. The Labute approximate surface area is 190 Å². The van der Waals surface area contributed by atoms with Gasteiger partial charge in [0.25, 0.3) is 5.91 Å². The fourth-order valence-corrected chi connectivity index (χ4v) is 4.26. The van der Waals surface area contributed by atoms with Crippen LogP contribution < -0.4 is 20.1 Å². The molecule has 0 spiro atoms. The van der Waals surface area contributed by atoms with Crippen LogP contribution in [-0.4, -0.2) is 25.7 Å². The molecule has 5 rings (SSSR count). The van der Waals surface area contributed by atoms with Crippen LogP contribution >= 0.6 is 0 Å². The maximum atomic E-state index is 14.8. The molecular weight excluding hydrogens is 423 g/mol. The molecule has 2 amide bonds. The van der Waals surface area contributed by atoms with E-state index in [0.717, 1.165) is 16.7 Å². The lowest BCUT2D eigenvalue weighted by Crippen LogP contribution is -2.28. The van der Waals surface area contributed by atoms with E-state index in [9.17, 15) is 14.0 Å². The molecule has 0 atom stereocenters. The highest BCUT2D eigenvalue weighted by atomic mass is 19.1. The Morgan fingerprint density at radius 3 is 2.55 bits per heavy atom. The minimum Gasteiger partial charge on any atom is -0.454 e. The molecule has 0 bridgehead atoms. The number of hydrogen-bond acceptors (Lipinski definition) is 4. The summed E-state index contributed by atoms with van der Waals surface area (Å²) in [6, 6.07) is 15.6. The number of halogens is 1. The number of carbonyl (C=O) groups excluding carboxylic acids is 2. The zero-order valence-corrected chi connectivity index (χ0v) is 18.3. The first-order valence-corrected chi connectivity index (χ1v) is 10.8. The van der Waals surface area contributed by atoms with Gasteiger partial charge >= 0.3 is 0 Å². The van der Waals surface area contributed by atoms with Gasteiger partial charge in [0.15, 0.2) is 11.5 Å². The number of carbonyl (C=O) groups is 2. The Kier molecular flexibility index (Phi) is 5.04. The maximum absolute atomic E-state index is 14.8. The van der Waals surface area contributed by atoms with Gasteiger partial charge in [0, 0.05) is 12.6 Å². The van der Waals surface area contributed by atoms with E-state index in [4.69, 9.17) is 9.47 Å². The van der Waals surface area contributed by atoms with E-state index in [0.29, 0.717) is 35.5 Å². The lowest BCUT2D eigenvalue weighted by Gasteiger charge is -2.18. The van der Waals surface area contributed by atoms with Gasteiger partial charge in [0.05, 0.1) is 11.1 Å². The fourth-order valence-electron chi connectivity index (χ4n) is 4.26. The number of anilines is 1. The van der Waals surface area contributed by atoms with Crippen LogP contribution in [0.4, 0.5) is 10.1 Å². The number of amides is 2. The molecule has 0 aromatic heterocycles. The quantitative estimate of drug-likeness (QED) is 0.603. The van der Waals surface area contributed by atoms with Gasteiger partial charge in [-0.15, -0.1) is 0 Å². The van der Waals surface area contributed by atoms with Gasteiger partial charge in [-0.2, -0.15) is 0 Å². The van der Waals surface area contributed by atoms with Gasteiger partial charge in [-0.25, -0.2) is 4.39 Å². The van der Waals surface area contributed by atoms with Gasteiger partial charge in [0.2, 0.25) is 12.7 Å². The molecule has 0 saturated heterocycles. The average molecular weight is 446 g/mol. The third-order valence-corrected chi connectivity index (χ3v) is 6.33. The second kappa shape index (κ2) is 7.92. The van der Waals surface area contributed by atoms with Gasteiger partial charge in [-0.3, -0.25) is 9.59 Å². The Bertz CT molecular complexity index is 1280. The summed E-state index contributed by atoms with van der Waals surface area (Å²) in [4.78, 5) is 25.3. The van der Waals surface area contributed by atoms with E-state index in [-0.39, 0.29) is 24.3 Å². The van der Waals surface area contributed by atoms with E-state index < -0.39 is 11.2 Å². The van der Waals surface area contributed by atoms with Crippen LogP contribution in [0.25, 0.3) is 11.1 Å². The van der Waals surface area contributed by atoms with Crippen molar-refractivity contribution in [3.05, 3.63) is 77.1 Å². The molecule has 3 aromatic carbocycles. The molecule has 0 radical (unpaired) electrons. The zero-order valence-electron chi connectivity index (χ0n) is 18.3. The Morgan fingerprint density at radius 1 is 1.00 bits per heavy atom. The van der Waals surface area contributed by atoms with Crippen molar-refractivity contribution in [2.24, 2.45) is 0 Å². The first kappa shape index (κ1) is 21.0. The van der Waals surface area contributed by atoms with Crippen molar-refractivity contribution in [2.45, 2.75) is 25.2 Å². The molecule has 33 heavy (non-hydrogen) atoms. The zero-order chi connectivity index (χ0) is 23.2. The van der Waals surface area contributed by atoms with Gasteiger partial charge < -0.3 is 20.1 Å². The first-order chi connectivity index (χ1) is 15.9. The second-order valence-electron chi connectivity index (χ2n) is 8.41. The predicted molar refractivity (Wildman–Crippen MR) is 122 cm³/mol. The summed E-state index contributed by atoms with van der Waals surface area (Å²) < 4.78 is 25.7. The smallest absolute Gasteiger partial charge is 0.251 e. The first-order valence-electron chi connectivity index (χ1n) is 10.8. The summed E-state index contributed by atoms with van der Waals surface area (Å²) in [5.41, 5.74) is 2.94. The molecule has 2 N–H and O–H groups in total. The molecule has 1 aliphatic carbocycles. The Hall–Kier alpha value is -3.87. The van der Waals surface area contributed by atoms with Crippen molar-refractivity contribution < 1.29 is 23.5 Å². The number of rotatable bonds is 5. The summed E-state index contributed by atoms with van der Waals surface area (Å²) in [5, 5.41) is 5.40. The van der Waals surface area contributed by atoms with Gasteiger partial charge in [-0.05, 0) is 78.4 Å². The van der Waals surface area contributed by atoms with E-state index in [1.54, 1.807) is 44.3 Å². The molecule has 168 valence electrons. The minimum absolute atomic E-state index is 0.109. The van der Waals surface area contributed by atoms with Crippen LogP contribution in [-0.2, 0) is 10.2 Å². The van der Waals surface area contributed by atoms with Crippen molar-refractivity contribution in [1.82, 2.24) is 5.32 Å². The molecule has 1 saturated carbocycles. The third kappa shape index (κ3) is 3.69. The summed E-state index contributed by atoms with van der Waals surface area (Å²) in [5.74, 6) is 0.307. The Balaban J connectivity index is 1.45. The van der Waals surface area contributed by atoms with Crippen LogP contribution in [0.1, 0.15) is 34.3 Å². The Morgan fingerprint density at radius 2 is 1.79 bits per heavy atom. The van der Waals surface area contributed by atoms with E-state index in [1.807, 2.05) is 18.2 Å². The largest absolute Gasteiger partial charge is 0.454 e. The number of nitrogens with one attached hydrogen (secondary N) is 2. The number of aryl methyl sites for hydroxylation is 1. The molecule has 0 unspecified atom stereocenters. The molecule has 3 aromatic rings. The highest BCUT2D eigenvalue weighted by molar-refractivity contribution is 6.02. The molecular formula is C26H23FN2O4. The monoisotopic (exact) mass is 446 g/mol. The minimum atomic E-state index is -0.711. The van der Waals surface area contributed by atoms with Crippen molar-refractivity contribution in [3.63, 3.8) is 0 Å². The standard InChI is InChI=1S/C26H23FN2O4/c1-15-10-20(27)21(13-19(15)16-4-3-5-17(11-16)24(30)28-2)29-25(31)26(8-9-26)18-6-7-22-23(12-18)33-14-32-22/h3-7,10-13H,8-9,14H2,1-2H3,(H,28,30)(H,29,31). The molecule has 7 heteroatoms. The average Bonchev–Trinajstić information content (AvgIpc) is 3.51. The van der Waals surface area contributed by atoms with Crippen molar-refractivity contribution in [1.29, 1.82) is 0 Å². The van der Waals surface area contributed by atoms with Crippen LogP contribution in [0.15, 0.2) is 54.6 Å². The van der Waals surface area contributed by atoms with Crippen LogP contribution in [0.3, 0.4) is 0 Å². The number of benzene rings is 3. The normalized spacial score (nSPS) is 15.1. The molecule has 2 aliphatic rings. The van der Waals surface area contributed by atoms with Gasteiger partial charge in [-0.1, -0.05) is 18.2 Å². The lowest BCUT2D eigenvalue weighted by molar-refractivity contribution is -0.118. The van der Waals surface area contributed by atoms with Crippen LogP contribution in [0.5, 0.6) is 11.5 Å². The fraction of sp³-hybridized carbons (Fsp3) is 0.231. The highest BCUT2D eigenvalue weighted by Gasteiger charge is 2.51.